The molecule has 4 rings (SSSR count). The molecule has 0 amide bonds. The predicted octanol–water partition coefficient (Wildman–Crippen LogP) is 8.37. The Morgan fingerprint density at radius 3 is 2.52 bits per heavy atom. The zero-order chi connectivity index (χ0) is 24.0. The molecular weight excluding hydrogens is 404 g/mol. The van der Waals surface area contributed by atoms with Gasteiger partial charge in [0.25, 0.3) is 0 Å². The smallest absolute Gasteiger partial charge is 0.302 e. The van der Waals surface area contributed by atoms with Crippen molar-refractivity contribution in [3.8, 4) is 0 Å². The fraction of sp³-hybridized carbons (Fsp3) is 0.839. The van der Waals surface area contributed by atoms with Gasteiger partial charge in [-0.1, -0.05) is 65.3 Å². The van der Waals surface area contributed by atoms with Crippen LogP contribution in [0, 0.1) is 52.3 Å². The summed E-state index contributed by atoms with van der Waals surface area (Å²) in [6, 6.07) is 0. The lowest BCUT2D eigenvalue weighted by Crippen LogP contribution is -2.51. The van der Waals surface area contributed by atoms with Crippen molar-refractivity contribution in [2.45, 2.75) is 112 Å². The van der Waals surface area contributed by atoms with Gasteiger partial charge in [-0.15, -0.1) is 0 Å². The van der Waals surface area contributed by atoms with Gasteiger partial charge < -0.3 is 4.74 Å². The Labute approximate surface area is 204 Å². The third-order valence-electron chi connectivity index (χ3n) is 11.1. The molecule has 0 aromatic rings. The van der Waals surface area contributed by atoms with Crippen LogP contribution in [0.5, 0.6) is 0 Å². The third kappa shape index (κ3) is 4.50. The van der Waals surface area contributed by atoms with E-state index in [0.717, 1.165) is 48.3 Å². The van der Waals surface area contributed by atoms with Crippen molar-refractivity contribution in [3.05, 3.63) is 23.8 Å². The van der Waals surface area contributed by atoms with E-state index in [9.17, 15) is 4.79 Å². The van der Waals surface area contributed by atoms with Crippen LogP contribution in [-0.2, 0) is 9.53 Å². The highest BCUT2D eigenvalue weighted by atomic mass is 16.5. The molecule has 0 saturated heterocycles. The van der Waals surface area contributed by atoms with Crippen molar-refractivity contribution >= 4 is 5.97 Å². The van der Waals surface area contributed by atoms with Crippen LogP contribution in [0.2, 0.25) is 0 Å². The molecule has 0 bridgehead atoms. The normalized spacial score (nSPS) is 42.3. The lowest BCUT2D eigenvalue weighted by molar-refractivity contribution is -0.148. The number of fused-ring (bicyclic) bond motifs is 5. The lowest BCUT2D eigenvalue weighted by atomic mass is 9.47. The van der Waals surface area contributed by atoms with E-state index in [-0.39, 0.29) is 12.1 Å². The molecule has 33 heavy (non-hydrogen) atoms. The molecule has 4 aliphatic carbocycles. The van der Waals surface area contributed by atoms with Gasteiger partial charge in [-0.05, 0) is 104 Å². The molecule has 2 nitrogen and oxygen atoms in total. The van der Waals surface area contributed by atoms with Crippen molar-refractivity contribution < 1.29 is 9.53 Å². The molecule has 0 aromatic heterocycles. The average Bonchev–Trinajstić information content (AvgIpc) is 3.11. The first-order chi connectivity index (χ1) is 15.6. The highest BCUT2D eigenvalue weighted by Gasteiger charge is 2.59. The summed E-state index contributed by atoms with van der Waals surface area (Å²) in [6.45, 7) is 16.3. The van der Waals surface area contributed by atoms with E-state index in [4.69, 9.17) is 4.74 Å². The molecule has 0 aliphatic heterocycles. The van der Waals surface area contributed by atoms with E-state index in [1.165, 1.54) is 44.9 Å². The fourth-order valence-electron chi connectivity index (χ4n) is 9.15. The second-order valence-electron chi connectivity index (χ2n) is 13.0. The summed E-state index contributed by atoms with van der Waals surface area (Å²) in [5.74, 6) is 5.41. The maximum atomic E-state index is 11.5. The van der Waals surface area contributed by atoms with Crippen LogP contribution in [0.1, 0.15) is 106 Å². The second kappa shape index (κ2) is 9.54. The topological polar surface area (TPSA) is 26.3 Å². The standard InChI is InChI=1S/C31H50O2/c1-8-23(20(2)3)10-9-21(4)27-13-14-28-26-12-11-24-19-25(33-22(5)32)15-17-30(24,6)29(26)16-18-31(27,28)7/h9-11,20-21,23,25-29H,8,12-19H2,1-7H3/b10-9-/t21?,23-,25+,26?,27-,28?,29?,30+,31-/m1/s1. The molecule has 9 atom stereocenters. The van der Waals surface area contributed by atoms with Crippen LogP contribution >= 0.6 is 0 Å². The van der Waals surface area contributed by atoms with Gasteiger partial charge in [0.05, 0.1) is 0 Å². The predicted molar refractivity (Wildman–Crippen MR) is 138 cm³/mol. The summed E-state index contributed by atoms with van der Waals surface area (Å²) >= 11 is 0. The van der Waals surface area contributed by atoms with Crippen LogP contribution in [0.25, 0.3) is 0 Å². The molecule has 0 N–H and O–H groups in total. The molecule has 0 heterocycles. The molecule has 3 fully saturated rings. The third-order valence-corrected chi connectivity index (χ3v) is 11.1. The van der Waals surface area contributed by atoms with Gasteiger partial charge in [0.2, 0.25) is 0 Å². The first-order valence-electron chi connectivity index (χ1n) is 14.1. The van der Waals surface area contributed by atoms with E-state index in [1.54, 1.807) is 12.5 Å². The Morgan fingerprint density at radius 2 is 1.85 bits per heavy atom. The van der Waals surface area contributed by atoms with Gasteiger partial charge in [-0.3, -0.25) is 4.79 Å². The minimum absolute atomic E-state index is 0.105. The van der Waals surface area contributed by atoms with Crippen LogP contribution < -0.4 is 0 Å². The number of carbonyl (C=O) groups is 1. The first-order valence-corrected chi connectivity index (χ1v) is 14.1. The Morgan fingerprint density at radius 1 is 1.09 bits per heavy atom. The van der Waals surface area contributed by atoms with Gasteiger partial charge in [-0.25, -0.2) is 0 Å². The van der Waals surface area contributed by atoms with Crippen molar-refractivity contribution in [1.29, 1.82) is 0 Å². The van der Waals surface area contributed by atoms with Crippen molar-refractivity contribution in [1.82, 2.24) is 0 Å². The van der Waals surface area contributed by atoms with Gasteiger partial charge in [0.15, 0.2) is 0 Å². The maximum absolute atomic E-state index is 11.5. The number of esters is 1. The SMILES string of the molecule is CC[C@H](/C=C\C(C)[C@H]1CCC2C3CC=C4C[C@@H](OC(C)=O)CC[C@]4(C)C3CC[C@@]21C)C(C)C. The molecule has 186 valence electrons. The van der Waals surface area contributed by atoms with Gasteiger partial charge in [0, 0.05) is 13.3 Å². The molecule has 0 radical (unpaired) electrons. The van der Waals surface area contributed by atoms with Crippen molar-refractivity contribution in [3.63, 3.8) is 0 Å². The van der Waals surface area contributed by atoms with E-state index in [0.29, 0.717) is 16.7 Å². The monoisotopic (exact) mass is 454 g/mol. The van der Waals surface area contributed by atoms with E-state index in [2.05, 4.69) is 59.8 Å². The van der Waals surface area contributed by atoms with Crippen LogP contribution in [-0.4, -0.2) is 12.1 Å². The fourth-order valence-corrected chi connectivity index (χ4v) is 9.15. The summed E-state index contributed by atoms with van der Waals surface area (Å²) in [7, 11) is 0. The Bertz CT molecular complexity index is 778. The first kappa shape index (κ1) is 25.1. The highest BCUT2D eigenvalue weighted by Crippen LogP contribution is 2.67. The quantitative estimate of drug-likeness (QED) is 0.297. The summed E-state index contributed by atoms with van der Waals surface area (Å²) in [6.07, 6.45) is 19.2. The molecule has 3 saturated carbocycles. The summed E-state index contributed by atoms with van der Waals surface area (Å²) < 4.78 is 5.62. The van der Waals surface area contributed by atoms with Gasteiger partial charge in [0.1, 0.15) is 6.10 Å². The Kier molecular flexibility index (Phi) is 7.24. The lowest BCUT2D eigenvalue weighted by Gasteiger charge is -2.58. The maximum Gasteiger partial charge on any atom is 0.302 e. The largest absolute Gasteiger partial charge is 0.462 e. The molecule has 2 heteroatoms. The van der Waals surface area contributed by atoms with Crippen molar-refractivity contribution in [2.24, 2.45) is 52.3 Å². The van der Waals surface area contributed by atoms with Gasteiger partial charge in [-0.2, -0.15) is 0 Å². The molecule has 4 unspecified atom stereocenters. The Hall–Kier alpha value is -1.05. The van der Waals surface area contributed by atoms with Crippen LogP contribution in [0.4, 0.5) is 0 Å². The molecule has 0 spiro atoms. The molecule has 0 aromatic carbocycles. The zero-order valence-electron chi connectivity index (χ0n) is 22.5. The van der Waals surface area contributed by atoms with Gasteiger partial charge >= 0.3 is 5.97 Å². The van der Waals surface area contributed by atoms with E-state index >= 15 is 0 Å². The number of hydrogen-bond acceptors (Lipinski definition) is 2. The molecule has 4 aliphatic rings. The minimum atomic E-state index is -0.120. The Balaban J connectivity index is 1.49. The second-order valence-corrected chi connectivity index (χ2v) is 13.0. The zero-order valence-corrected chi connectivity index (χ0v) is 22.5. The number of hydrogen-bond donors (Lipinski definition) is 0. The summed E-state index contributed by atoms with van der Waals surface area (Å²) in [5, 5.41) is 0. The minimum Gasteiger partial charge on any atom is -0.462 e. The van der Waals surface area contributed by atoms with Crippen LogP contribution in [0.15, 0.2) is 23.8 Å². The summed E-state index contributed by atoms with van der Waals surface area (Å²) in [5.41, 5.74) is 2.44. The highest BCUT2D eigenvalue weighted by molar-refractivity contribution is 5.66. The number of carbonyl (C=O) groups excluding carboxylic acids is 1. The molecular formula is C31H50O2. The van der Waals surface area contributed by atoms with E-state index < -0.39 is 0 Å². The van der Waals surface area contributed by atoms with Crippen LogP contribution in [0.3, 0.4) is 0 Å². The number of ether oxygens (including phenoxy) is 1. The number of allylic oxidation sites excluding steroid dienone is 3. The average molecular weight is 455 g/mol. The van der Waals surface area contributed by atoms with E-state index in [1.807, 2.05) is 0 Å². The van der Waals surface area contributed by atoms with Crippen molar-refractivity contribution in [2.75, 3.05) is 0 Å². The number of rotatable bonds is 6. The summed E-state index contributed by atoms with van der Waals surface area (Å²) in [4.78, 5) is 11.5.